The van der Waals surface area contributed by atoms with Gasteiger partial charge in [-0.05, 0) is 27.2 Å². The maximum Gasteiger partial charge on any atom is 0.410 e. The molecule has 6 nitrogen and oxygen atoms in total. The summed E-state index contributed by atoms with van der Waals surface area (Å²) in [4.78, 5) is 24.4. The van der Waals surface area contributed by atoms with Gasteiger partial charge in [0.05, 0.1) is 18.6 Å². The number of hydrogen-bond acceptors (Lipinski definition) is 4. The van der Waals surface area contributed by atoms with E-state index in [0.29, 0.717) is 13.0 Å². The molecule has 0 bridgehead atoms. The minimum atomic E-state index is -0.884. The fourth-order valence-electron chi connectivity index (χ4n) is 1.93. The molecule has 104 valence electrons. The smallest absolute Gasteiger partial charge is 0.410 e. The summed E-state index contributed by atoms with van der Waals surface area (Å²) in [5.74, 6) is -1.45. The number of ether oxygens (including phenoxy) is 2. The standard InChI is InChI=1S/C12H21NO5/c1-12(2,3)18-11(16)13-6-5-8(10(14)15)9(7-13)17-4/h8-9H,5-7H2,1-4H3,(H,14,15)/t8-,9+/m1/s1. The predicted molar refractivity (Wildman–Crippen MR) is 64.3 cm³/mol. The van der Waals surface area contributed by atoms with Crippen molar-refractivity contribution in [3.05, 3.63) is 0 Å². The van der Waals surface area contributed by atoms with Crippen LogP contribution < -0.4 is 0 Å². The van der Waals surface area contributed by atoms with E-state index < -0.39 is 29.7 Å². The number of nitrogens with zero attached hydrogens (tertiary/aromatic N) is 1. The summed E-state index contributed by atoms with van der Waals surface area (Å²) >= 11 is 0. The number of piperidine rings is 1. The number of hydrogen-bond donors (Lipinski definition) is 1. The van der Waals surface area contributed by atoms with Crippen molar-refractivity contribution in [2.24, 2.45) is 5.92 Å². The Bertz CT molecular complexity index is 323. The molecule has 6 heteroatoms. The first-order chi connectivity index (χ1) is 8.24. The van der Waals surface area contributed by atoms with Crippen LogP contribution in [-0.4, -0.2) is 54.0 Å². The fraction of sp³-hybridized carbons (Fsp3) is 0.833. The van der Waals surface area contributed by atoms with Crippen molar-refractivity contribution in [1.29, 1.82) is 0 Å². The van der Waals surface area contributed by atoms with Crippen LogP contribution >= 0.6 is 0 Å². The topological polar surface area (TPSA) is 76.1 Å². The van der Waals surface area contributed by atoms with Crippen LogP contribution in [0.3, 0.4) is 0 Å². The Labute approximate surface area is 107 Å². The van der Waals surface area contributed by atoms with E-state index in [9.17, 15) is 9.59 Å². The molecule has 0 aromatic carbocycles. The van der Waals surface area contributed by atoms with Gasteiger partial charge in [-0.25, -0.2) is 4.79 Å². The first kappa shape index (κ1) is 14.8. The van der Waals surface area contributed by atoms with Crippen LogP contribution in [0.5, 0.6) is 0 Å². The monoisotopic (exact) mass is 259 g/mol. The summed E-state index contributed by atoms with van der Waals surface area (Å²) in [6.07, 6.45) is -0.523. The Morgan fingerprint density at radius 1 is 1.33 bits per heavy atom. The minimum absolute atomic E-state index is 0.252. The van der Waals surface area contributed by atoms with E-state index in [2.05, 4.69) is 0 Å². The van der Waals surface area contributed by atoms with Gasteiger partial charge in [0.1, 0.15) is 5.60 Å². The predicted octanol–water partition coefficient (Wildman–Crippen LogP) is 1.34. The van der Waals surface area contributed by atoms with E-state index in [4.69, 9.17) is 14.6 Å². The number of methoxy groups -OCH3 is 1. The quantitative estimate of drug-likeness (QED) is 0.810. The number of amides is 1. The highest BCUT2D eigenvalue weighted by atomic mass is 16.6. The Balaban J connectivity index is 2.62. The molecule has 0 spiro atoms. The zero-order chi connectivity index (χ0) is 13.9. The van der Waals surface area contributed by atoms with E-state index in [0.717, 1.165) is 0 Å². The number of rotatable bonds is 2. The molecule has 1 saturated heterocycles. The van der Waals surface area contributed by atoms with Gasteiger partial charge in [0.15, 0.2) is 0 Å². The fourth-order valence-corrected chi connectivity index (χ4v) is 1.93. The Morgan fingerprint density at radius 2 is 1.94 bits per heavy atom. The second-order valence-electron chi connectivity index (χ2n) is 5.43. The van der Waals surface area contributed by atoms with Crippen molar-refractivity contribution >= 4 is 12.1 Å². The number of carboxylic acid groups (broad SMARTS) is 1. The lowest BCUT2D eigenvalue weighted by atomic mass is 9.94. The highest BCUT2D eigenvalue weighted by Gasteiger charge is 2.37. The molecule has 0 aromatic heterocycles. The molecule has 1 N–H and O–H groups in total. The molecule has 2 atom stereocenters. The van der Waals surface area contributed by atoms with Gasteiger partial charge in [0.2, 0.25) is 0 Å². The Hall–Kier alpha value is -1.30. The summed E-state index contributed by atoms with van der Waals surface area (Å²) in [5.41, 5.74) is -0.552. The highest BCUT2D eigenvalue weighted by molar-refractivity contribution is 5.72. The Morgan fingerprint density at radius 3 is 2.39 bits per heavy atom. The second-order valence-corrected chi connectivity index (χ2v) is 5.43. The number of carboxylic acids is 1. The molecular formula is C12H21NO5. The largest absolute Gasteiger partial charge is 0.481 e. The molecule has 0 unspecified atom stereocenters. The van der Waals surface area contributed by atoms with Gasteiger partial charge in [-0.15, -0.1) is 0 Å². The molecule has 0 saturated carbocycles. The van der Waals surface area contributed by atoms with Crippen molar-refractivity contribution in [1.82, 2.24) is 4.90 Å². The molecule has 1 aliphatic heterocycles. The lowest BCUT2D eigenvalue weighted by molar-refractivity contribution is -0.150. The van der Waals surface area contributed by atoms with E-state index in [-0.39, 0.29) is 6.54 Å². The third kappa shape index (κ3) is 3.87. The number of likely N-dealkylation sites (tertiary alicyclic amines) is 1. The third-order valence-corrected chi connectivity index (χ3v) is 2.83. The molecule has 18 heavy (non-hydrogen) atoms. The van der Waals surface area contributed by atoms with E-state index in [1.165, 1.54) is 12.0 Å². The summed E-state index contributed by atoms with van der Waals surface area (Å²) in [6.45, 7) is 6.02. The molecule has 1 amide bonds. The SMILES string of the molecule is CO[C@H]1CN(C(=O)OC(C)(C)C)CC[C@H]1C(=O)O. The normalized spacial score (nSPS) is 24.8. The van der Waals surface area contributed by atoms with Gasteiger partial charge in [0.25, 0.3) is 0 Å². The maximum absolute atomic E-state index is 11.9. The van der Waals surface area contributed by atoms with Gasteiger partial charge in [0, 0.05) is 13.7 Å². The van der Waals surface area contributed by atoms with Crippen LogP contribution in [0.2, 0.25) is 0 Å². The third-order valence-electron chi connectivity index (χ3n) is 2.83. The van der Waals surface area contributed by atoms with Gasteiger partial charge >= 0.3 is 12.1 Å². The maximum atomic E-state index is 11.9. The number of carbonyl (C=O) groups is 2. The minimum Gasteiger partial charge on any atom is -0.481 e. The Kier molecular flexibility index (Phi) is 4.56. The lowest BCUT2D eigenvalue weighted by Crippen LogP contribution is -2.50. The zero-order valence-electron chi connectivity index (χ0n) is 11.3. The summed E-state index contributed by atoms with van der Waals surface area (Å²) in [5, 5.41) is 9.04. The lowest BCUT2D eigenvalue weighted by Gasteiger charge is -2.36. The van der Waals surface area contributed by atoms with Gasteiger partial charge in [-0.2, -0.15) is 0 Å². The van der Waals surface area contributed by atoms with Crippen molar-refractivity contribution in [2.75, 3.05) is 20.2 Å². The molecule has 1 fully saturated rings. The van der Waals surface area contributed by atoms with Gasteiger partial charge < -0.3 is 19.5 Å². The molecule has 1 heterocycles. The van der Waals surface area contributed by atoms with Crippen LogP contribution in [0.4, 0.5) is 4.79 Å². The van der Waals surface area contributed by atoms with Crippen molar-refractivity contribution in [3.63, 3.8) is 0 Å². The molecule has 0 radical (unpaired) electrons. The van der Waals surface area contributed by atoms with Crippen LogP contribution in [0, 0.1) is 5.92 Å². The van der Waals surface area contributed by atoms with E-state index in [1.807, 2.05) is 0 Å². The van der Waals surface area contributed by atoms with Crippen molar-refractivity contribution in [3.8, 4) is 0 Å². The average Bonchev–Trinajstić information content (AvgIpc) is 2.25. The number of aliphatic carboxylic acids is 1. The average molecular weight is 259 g/mol. The molecule has 1 rings (SSSR count). The van der Waals surface area contributed by atoms with Crippen LogP contribution in [-0.2, 0) is 14.3 Å². The summed E-state index contributed by atoms with van der Waals surface area (Å²) in [6, 6.07) is 0. The van der Waals surface area contributed by atoms with Gasteiger partial charge in [-0.1, -0.05) is 0 Å². The first-order valence-corrected chi connectivity index (χ1v) is 5.98. The highest BCUT2D eigenvalue weighted by Crippen LogP contribution is 2.22. The molecular weight excluding hydrogens is 238 g/mol. The summed E-state index contributed by atoms with van der Waals surface area (Å²) in [7, 11) is 1.46. The van der Waals surface area contributed by atoms with Crippen LogP contribution in [0.15, 0.2) is 0 Å². The van der Waals surface area contributed by atoms with Crippen LogP contribution in [0.1, 0.15) is 27.2 Å². The number of carbonyl (C=O) groups excluding carboxylic acids is 1. The van der Waals surface area contributed by atoms with Crippen molar-refractivity contribution in [2.45, 2.75) is 38.9 Å². The molecule has 1 aliphatic rings. The van der Waals surface area contributed by atoms with Crippen molar-refractivity contribution < 1.29 is 24.2 Å². The second kappa shape index (κ2) is 5.56. The summed E-state index contributed by atoms with van der Waals surface area (Å²) < 4.78 is 10.4. The molecule has 0 aromatic rings. The first-order valence-electron chi connectivity index (χ1n) is 5.98. The van der Waals surface area contributed by atoms with E-state index in [1.54, 1.807) is 20.8 Å². The zero-order valence-corrected chi connectivity index (χ0v) is 11.3. The molecule has 0 aliphatic carbocycles. The van der Waals surface area contributed by atoms with E-state index >= 15 is 0 Å². The van der Waals surface area contributed by atoms with Gasteiger partial charge in [-0.3, -0.25) is 4.79 Å². The van der Waals surface area contributed by atoms with Crippen LogP contribution in [0.25, 0.3) is 0 Å².